The molecule has 0 aromatic heterocycles. The van der Waals surface area contributed by atoms with Crippen LogP contribution in [0.15, 0.2) is 33.1 Å². The highest BCUT2D eigenvalue weighted by atomic mass is 127. The lowest BCUT2D eigenvalue weighted by molar-refractivity contribution is -0.406. The van der Waals surface area contributed by atoms with Crippen molar-refractivity contribution in [2.75, 3.05) is 13.1 Å². The zero-order valence-electron chi connectivity index (χ0n) is 12.8. The molecule has 0 saturated heterocycles. The quantitative estimate of drug-likeness (QED) is 0.298. The molecule has 2 rings (SSSR count). The summed E-state index contributed by atoms with van der Waals surface area (Å²) in [4.78, 5) is 24.1. The van der Waals surface area contributed by atoms with Crippen LogP contribution in [0.1, 0.15) is 27.2 Å². The summed E-state index contributed by atoms with van der Waals surface area (Å²) in [6.45, 7) is 6.66. The van der Waals surface area contributed by atoms with E-state index in [1.165, 1.54) is 0 Å². The Kier molecular flexibility index (Phi) is 5.15. The van der Waals surface area contributed by atoms with Crippen LogP contribution in [0.5, 0.6) is 0 Å². The molecule has 0 atom stereocenters. The first-order chi connectivity index (χ1) is 10.3. The Morgan fingerprint density at radius 3 is 2.59 bits per heavy atom. The second-order valence-corrected chi connectivity index (χ2v) is 8.34. The molecule has 0 aromatic rings. The molecule has 22 heavy (non-hydrogen) atoms. The van der Waals surface area contributed by atoms with Gasteiger partial charge in [-0.3, -0.25) is 10.1 Å². The Balaban J connectivity index is 2.00. The predicted octanol–water partition coefficient (Wildman–Crippen LogP) is 3.38. The van der Waals surface area contributed by atoms with E-state index < -0.39 is 26.3 Å². The third-order valence-corrected chi connectivity index (χ3v) is 5.46. The lowest BCUT2D eigenvalue weighted by atomic mass is 10.0. The van der Waals surface area contributed by atoms with Crippen molar-refractivity contribution in [3.8, 4) is 0 Å². The zero-order valence-corrected chi connectivity index (χ0v) is 15.0. The van der Waals surface area contributed by atoms with E-state index in [0.29, 0.717) is 16.8 Å². The van der Waals surface area contributed by atoms with Crippen molar-refractivity contribution in [1.29, 1.82) is 0 Å². The number of hydrogen-bond donors (Lipinski definition) is 0. The van der Waals surface area contributed by atoms with Gasteiger partial charge in [0.25, 0.3) is 3.70 Å². The lowest BCUT2D eigenvalue weighted by Crippen LogP contribution is -2.39. The molecule has 2 aliphatic heterocycles. The average molecular weight is 418 g/mol. The normalized spacial score (nSPS) is 18.7. The highest BCUT2D eigenvalue weighted by Gasteiger charge is 2.24. The molecule has 0 fully saturated rings. The Morgan fingerprint density at radius 2 is 2.14 bits per heavy atom. The molecule has 0 N–H and O–H groups in total. The molecular weight excluding hydrogens is 399 g/mol. The number of nitro groups is 1. The number of rotatable bonds is 2. The first-order valence-corrected chi connectivity index (χ1v) is 9.29. The van der Waals surface area contributed by atoms with Crippen LogP contribution in [-0.4, -0.2) is 38.6 Å². The molecule has 1 amide bonds. The van der Waals surface area contributed by atoms with Crippen molar-refractivity contribution >= 4 is 30.8 Å². The molecule has 0 unspecified atom stereocenters. The standard InChI is InChI=1S/C15H19IN2O4/c1-15(2,3)22-14(19)17-8-6-11(7-9-17)12-4-5-13(16-10-12)18(20)21/h4-6,10H,7-9H2,1-3H3. The summed E-state index contributed by atoms with van der Waals surface area (Å²) < 4.78 is 7.65. The third-order valence-electron chi connectivity index (χ3n) is 3.09. The van der Waals surface area contributed by atoms with E-state index in [0.717, 1.165) is 17.6 Å². The van der Waals surface area contributed by atoms with E-state index >= 15 is 0 Å². The number of halogens is 1. The Bertz CT molecular complexity index is 612. The van der Waals surface area contributed by atoms with Crippen molar-refractivity contribution in [3.05, 3.63) is 43.2 Å². The van der Waals surface area contributed by atoms with Crippen LogP contribution in [-0.2, 0) is 4.74 Å². The van der Waals surface area contributed by atoms with Gasteiger partial charge in [0.15, 0.2) is 0 Å². The maximum absolute atomic E-state index is 12.0. The van der Waals surface area contributed by atoms with Gasteiger partial charge in [-0.05, 0) is 69.2 Å². The van der Waals surface area contributed by atoms with Gasteiger partial charge in [0.2, 0.25) is 0 Å². The summed E-state index contributed by atoms with van der Waals surface area (Å²) in [7, 11) is 0. The minimum atomic E-state index is -0.679. The minimum absolute atomic E-state index is 0.299. The second kappa shape index (κ2) is 6.72. The number of ether oxygens (including phenoxy) is 1. The third kappa shape index (κ3) is 4.49. The monoisotopic (exact) mass is 418 g/mol. The van der Waals surface area contributed by atoms with E-state index in [-0.39, 0.29) is 11.0 Å². The highest BCUT2D eigenvalue weighted by Crippen LogP contribution is 2.27. The molecule has 2 aliphatic rings. The van der Waals surface area contributed by atoms with Crippen molar-refractivity contribution < 1.29 is 14.5 Å². The van der Waals surface area contributed by atoms with E-state index in [9.17, 15) is 14.9 Å². The largest absolute Gasteiger partial charge is 0.444 e. The topological polar surface area (TPSA) is 72.7 Å². The van der Waals surface area contributed by atoms with Gasteiger partial charge in [-0.2, -0.15) is 0 Å². The number of carbonyl (C=O) groups excluding carboxylic acids is 1. The summed E-state index contributed by atoms with van der Waals surface area (Å²) in [6.07, 6.45) is 5.85. The summed E-state index contributed by atoms with van der Waals surface area (Å²) in [6, 6.07) is 0. The molecule has 2 heterocycles. The maximum atomic E-state index is 12.0. The maximum Gasteiger partial charge on any atom is 0.410 e. The number of carbonyl (C=O) groups is 1. The molecule has 0 spiro atoms. The molecule has 6 nitrogen and oxygen atoms in total. The average Bonchev–Trinajstić information content (AvgIpc) is 2.46. The fourth-order valence-electron chi connectivity index (χ4n) is 2.05. The van der Waals surface area contributed by atoms with E-state index in [1.807, 2.05) is 30.9 Å². The minimum Gasteiger partial charge on any atom is -0.444 e. The van der Waals surface area contributed by atoms with Gasteiger partial charge in [-0.15, -0.1) is 0 Å². The van der Waals surface area contributed by atoms with Crippen LogP contribution in [0, 0.1) is 10.1 Å². The number of nitrogens with zero attached hydrogens (tertiary/aromatic N) is 2. The van der Waals surface area contributed by atoms with Gasteiger partial charge in [0, 0.05) is 19.2 Å². The van der Waals surface area contributed by atoms with E-state index in [4.69, 9.17) is 4.74 Å². The van der Waals surface area contributed by atoms with Crippen molar-refractivity contribution in [2.24, 2.45) is 0 Å². The van der Waals surface area contributed by atoms with Crippen molar-refractivity contribution in [2.45, 2.75) is 32.8 Å². The first kappa shape index (κ1) is 16.9. The molecular formula is C15H19IN2O4. The SMILES string of the molecule is CC(C)(C)OC(=O)N1CC=C(C2=CC=C([N+](=O)[O-])I=C2)CC1. The van der Waals surface area contributed by atoms with Crippen molar-refractivity contribution in [3.63, 3.8) is 0 Å². The fraction of sp³-hybridized carbons (Fsp3) is 0.467. The Morgan fingerprint density at radius 1 is 1.41 bits per heavy atom. The van der Waals surface area contributed by atoms with Gasteiger partial charge in [-0.25, -0.2) is 4.79 Å². The summed E-state index contributed by atoms with van der Waals surface area (Å²) in [5.41, 5.74) is 1.72. The fourth-order valence-corrected chi connectivity index (χ4v) is 3.92. The molecule has 7 heteroatoms. The molecule has 0 aromatic carbocycles. The molecule has 120 valence electrons. The lowest BCUT2D eigenvalue weighted by Gasteiger charge is -2.29. The van der Waals surface area contributed by atoms with Gasteiger partial charge in [0.05, 0.1) is 4.92 Å². The zero-order chi connectivity index (χ0) is 16.3. The Hall–Kier alpha value is -1.51. The van der Waals surface area contributed by atoms with Crippen LogP contribution in [0.2, 0.25) is 0 Å². The van der Waals surface area contributed by atoms with Crippen LogP contribution >= 0.6 is 20.7 Å². The Labute approximate surface area is 139 Å². The summed E-state index contributed by atoms with van der Waals surface area (Å²) >= 11 is -0.679. The van der Waals surface area contributed by atoms with E-state index in [2.05, 4.69) is 0 Å². The first-order valence-electron chi connectivity index (χ1n) is 6.96. The molecule has 0 radical (unpaired) electrons. The van der Waals surface area contributed by atoms with Crippen LogP contribution in [0.25, 0.3) is 0 Å². The van der Waals surface area contributed by atoms with Crippen molar-refractivity contribution in [1.82, 2.24) is 4.90 Å². The van der Waals surface area contributed by atoms with Crippen LogP contribution < -0.4 is 0 Å². The van der Waals surface area contributed by atoms with Gasteiger partial charge in [0.1, 0.15) is 5.60 Å². The number of amides is 1. The van der Waals surface area contributed by atoms with Crippen LogP contribution in [0.3, 0.4) is 0 Å². The number of allylic oxidation sites excluding steroid dienone is 3. The molecule has 0 bridgehead atoms. The van der Waals surface area contributed by atoms with Crippen LogP contribution in [0.4, 0.5) is 4.79 Å². The van der Waals surface area contributed by atoms with Gasteiger partial charge < -0.3 is 9.64 Å². The second-order valence-electron chi connectivity index (χ2n) is 5.99. The highest BCUT2D eigenvalue weighted by molar-refractivity contribution is 14.2. The smallest absolute Gasteiger partial charge is 0.410 e. The predicted molar refractivity (Wildman–Crippen MR) is 93.8 cm³/mol. The van der Waals surface area contributed by atoms with E-state index in [1.54, 1.807) is 17.1 Å². The summed E-state index contributed by atoms with van der Waals surface area (Å²) in [5, 5.41) is 10.7. The molecule has 0 saturated carbocycles. The van der Waals surface area contributed by atoms with Gasteiger partial charge >= 0.3 is 6.09 Å². The van der Waals surface area contributed by atoms with Gasteiger partial charge in [-0.1, -0.05) is 6.08 Å². The molecule has 0 aliphatic carbocycles. The number of hydrogen-bond acceptors (Lipinski definition) is 4. The summed E-state index contributed by atoms with van der Waals surface area (Å²) in [5.74, 6) is 0.